The first kappa shape index (κ1) is 14.6. The monoisotopic (exact) mass is 274 g/mol. The average Bonchev–Trinajstić information content (AvgIpc) is 2.77. The molecule has 0 aliphatic rings. The molecule has 0 amide bonds. The number of carbonyl (C=O) groups is 1. The van der Waals surface area contributed by atoms with E-state index in [0.29, 0.717) is 6.61 Å². The Hall–Kier alpha value is -1.84. The zero-order chi connectivity index (χ0) is 14.9. The summed E-state index contributed by atoms with van der Waals surface area (Å²) in [6.07, 6.45) is 0. The second-order valence-electron chi connectivity index (χ2n) is 5.94. The zero-order valence-electron chi connectivity index (χ0n) is 12.8. The fraction of sp³-hybridized carbons (Fsp3) is 0.500. The summed E-state index contributed by atoms with van der Waals surface area (Å²) in [4.78, 5) is 16.7. The molecule has 0 radical (unpaired) electrons. The molecule has 0 aliphatic carbocycles. The van der Waals surface area contributed by atoms with Crippen molar-refractivity contribution in [1.82, 2.24) is 9.55 Å². The molecule has 0 bridgehead atoms. The predicted octanol–water partition coefficient (Wildman–Crippen LogP) is 3.46. The van der Waals surface area contributed by atoms with Crippen molar-refractivity contribution in [2.24, 2.45) is 0 Å². The van der Waals surface area contributed by atoms with Crippen LogP contribution in [0.25, 0.3) is 11.0 Å². The third-order valence-corrected chi connectivity index (χ3v) is 3.29. The number of esters is 1. The summed E-state index contributed by atoms with van der Waals surface area (Å²) in [5.41, 5.74) is 1.81. The Bertz CT molecular complexity index is 623. The van der Waals surface area contributed by atoms with Crippen LogP contribution in [-0.4, -0.2) is 22.1 Å². The molecule has 0 aliphatic heterocycles. The Morgan fingerprint density at radius 3 is 2.60 bits per heavy atom. The third kappa shape index (κ3) is 2.55. The molecule has 1 aromatic carbocycles. The van der Waals surface area contributed by atoms with Crippen LogP contribution in [0.1, 0.15) is 46.4 Å². The lowest BCUT2D eigenvalue weighted by atomic mass is 10.1. The molecule has 2 rings (SSSR count). The largest absolute Gasteiger partial charge is 0.465 e. The molecule has 2 aromatic rings. The van der Waals surface area contributed by atoms with E-state index in [1.54, 1.807) is 0 Å². The minimum atomic E-state index is -0.374. The van der Waals surface area contributed by atoms with Crippen LogP contribution in [0.4, 0.5) is 0 Å². The van der Waals surface area contributed by atoms with E-state index < -0.39 is 0 Å². The maximum atomic E-state index is 12.0. The van der Waals surface area contributed by atoms with Crippen molar-refractivity contribution in [3.05, 3.63) is 30.1 Å². The molecule has 1 heterocycles. The van der Waals surface area contributed by atoms with E-state index >= 15 is 0 Å². The number of rotatable bonds is 3. The molecule has 4 nitrogen and oxygen atoms in total. The van der Waals surface area contributed by atoms with Crippen LogP contribution >= 0.6 is 0 Å². The van der Waals surface area contributed by atoms with E-state index in [1.165, 1.54) is 0 Å². The Morgan fingerprint density at radius 1 is 1.35 bits per heavy atom. The number of para-hydroxylation sites is 2. The SMILES string of the molecule is CCOC(=O)C(C)c1nc2ccccc2n1C(C)(C)C. The number of carbonyl (C=O) groups excluding carboxylic acids is 1. The lowest BCUT2D eigenvalue weighted by molar-refractivity contribution is -0.144. The van der Waals surface area contributed by atoms with Crippen LogP contribution in [0.2, 0.25) is 0 Å². The van der Waals surface area contributed by atoms with Crippen LogP contribution in [0, 0.1) is 0 Å². The molecule has 20 heavy (non-hydrogen) atoms. The van der Waals surface area contributed by atoms with Crippen LogP contribution in [0.15, 0.2) is 24.3 Å². The van der Waals surface area contributed by atoms with Crippen LogP contribution in [0.5, 0.6) is 0 Å². The molecule has 0 fully saturated rings. The van der Waals surface area contributed by atoms with Gasteiger partial charge in [-0.15, -0.1) is 0 Å². The summed E-state index contributed by atoms with van der Waals surface area (Å²) in [5, 5.41) is 0. The van der Waals surface area contributed by atoms with Crippen molar-refractivity contribution < 1.29 is 9.53 Å². The number of fused-ring (bicyclic) bond motifs is 1. The van der Waals surface area contributed by atoms with E-state index in [2.05, 4.69) is 30.3 Å². The summed E-state index contributed by atoms with van der Waals surface area (Å²) >= 11 is 0. The van der Waals surface area contributed by atoms with Gasteiger partial charge in [0.25, 0.3) is 0 Å². The van der Waals surface area contributed by atoms with Gasteiger partial charge in [-0.1, -0.05) is 12.1 Å². The van der Waals surface area contributed by atoms with Crippen LogP contribution in [-0.2, 0) is 15.1 Å². The van der Waals surface area contributed by atoms with Gasteiger partial charge in [-0.05, 0) is 46.8 Å². The Labute approximate surface area is 119 Å². The van der Waals surface area contributed by atoms with Crippen molar-refractivity contribution in [2.75, 3.05) is 6.61 Å². The van der Waals surface area contributed by atoms with Gasteiger partial charge in [0.1, 0.15) is 11.7 Å². The molecule has 0 saturated carbocycles. The highest BCUT2D eigenvalue weighted by atomic mass is 16.5. The zero-order valence-corrected chi connectivity index (χ0v) is 12.8. The second-order valence-corrected chi connectivity index (χ2v) is 5.94. The molecule has 1 atom stereocenters. The van der Waals surface area contributed by atoms with E-state index in [-0.39, 0.29) is 17.4 Å². The van der Waals surface area contributed by atoms with Crippen LogP contribution in [0.3, 0.4) is 0 Å². The molecular weight excluding hydrogens is 252 g/mol. The van der Waals surface area contributed by atoms with E-state index in [4.69, 9.17) is 4.74 Å². The minimum Gasteiger partial charge on any atom is -0.465 e. The lowest BCUT2D eigenvalue weighted by Gasteiger charge is -2.26. The van der Waals surface area contributed by atoms with Crippen molar-refractivity contribution in [2.45, 2.75) is 46.1 Å². The highest BCUT2D eigenvalue weighted by Crippen LogP contribution is 2.29. The molecule has 0 spiro atoms. The van der Waals surface area contributed by atoms with E-state index in [9.17, 15) is 4.79 Å². The Morgan fingerprint density at radius 2 is 2.00 bits per heavy atom. The second kappa shape index (κ2) is 5.27. The third-order valence-electron chi connectivity index (χ3n) is 3.29. The fourth-order valence-electron chi connectivity index (χ4n) is 2.41. The van der Waals surface area contributed by atoms with Gasteiger partial charge in [0.15, 0.2) is 0 Å². The van der Waals surface area contributed by atoms with Gasteiger partial charge in [-0.2, -0.15) is 0 Å². The first-order valence-corrected chi connectivity index (χ1v) is 7.00. The van der Waals surface area contributed by atoms with E-state index in [0.717, 1.165) is 16.9 Å². The Balaban J connectivity index is 2.60. The first-order valence-electron chi connectivity index (χ1n) is 7.00. The molecule has 0 saturated heterocycles. The minimum absolute atomic E-state index is 0.147. The number of hydrogen-bond acceptors (Lipinski definition) is 3. The summed E-state index contributed by atoms with van der Waals surface area (Å²) < 4.78 is 7.26. The fourth-order valence-corrected chi connectivity index (χ4v) is 2.41. The number of ether oxygens (including phenoxy) is 1. The average molecular weight is 274 g/mol. The quantitative estimate of drug-likeness (QED) is 0.805. The standard InChI is InChI=1S/C16H22N2O2/c1-6-20-15(19)11(2)14-17-12-9-7-8-10-13(12)18(14)16(3,4)5/h7-11H,6H2,1-5H3. The van der Waals surface area contributed by atoms with Gasteiger partial charge in [0.2, 0.25) is 0 Å². The highest BCUT2D eigenvalue weighted by molar-refractivity contribution is 5.81. The maximum Gasteiger partial charge on any atom is 0.316 e. The maximum absolute atomic E-state index is 12.0. The molecule has 108 valence electrons. The molecular formula is C16H22N2O2. The van der Waals surface area contributed by atoms with Gasteiger partial charge in [-0.25, -0.2) is 4.98 Å². The summed E-state index contributed by atoms with van der Waals surface area (Å²) in [6, 6.07) is 7.96. The van der Waals surface area contributed by atoms with Crippen molar-refractivity contribution in [3.8, 4) is 0 Å². The number of benzene rings is 1. The smallest absolute Gasteiger partial charge is 0.316 e. The number of nitrogens with zero attached hydrogens (tertiary/aromatic N) is 2. The highest BCUT2D eigenvalue weighted by Gasteiger charge is 2.28. The van der Waals surface area contributed by atoms with Crippen LogP contribution < -0.4 is 0 Å². The summed E-state index contributed by atoms with van der Waals surface area (Å²) in [6.45, 7) is 10.4. The molecule has 0 N–H and O–H groups in total. The van der Waals surface area contributed by atoms with Gasteiger partial charge < -0.3 is 9.30 Å². The van der Waals surface area contributed by atoms with Crippen molar-refractivity contribution >= 4 is 17.0 Å². The van der Waals surface area contributed by atoms with Crippen molar-refractivity contribution in [3.63, 3.8) is 0 Å². The lowest BCUT2D eigenvalue weighted by Crippen LogP contribution is -2.27. The van der Waals surface area contributed by atoms with Gasteiger partial charge in [0.05, 0.1) is 17.6 Å². The topological polar surface area (TPSA) is 44.1 Å². The van der Waals surface area contributed by atoms with Gasteiger partial charge in [0, 0.05) is 5.54 Å². The molecule has 4 heteroatoms. The molecule has 1 aromatic heterocycles. The van der Waals surface area contributed by atoms with Gasteiger partial charge >= 0.3 is 5.97 Å². The summed E-state index contributed by atoms with van der Waals surface area (Å²) in [7, 11) is 0. The predicted molar refractivity (Wildman–Crippen MR) is 79.8 cm³/mol. The number of imidazole rings is 1. The van der Waals surface area contributed by atoms with Crippen molar-refractivity contribution in [1.29, 1.82) is 0 Å². The Kier molecular flexibility index (Phi) is 3.84. The number of aromatic nitrogens is 2. The van der Waals surface area contributed by atoms with E-state index in [1.807, 2.05) is 38.1 Å². The number of hydrogen-bond donors (Lipinski definition) is 0. The first-order chi connectivity index (χ1) is 9.36. The molecule has 1 unspecified atom stereocenters. The summed E-state index contributed by atoms with van der Waals surface area (Å²) in [5.74, 6) is 0.159. The normalized spacial score (nSPS) is 13.4. The van der Waals surface area contributed by atoms with Gasteiger partial charge in [-0.3, -0.25) is 4.79 Å².